The van der Waals surface area contributed by atoms with Crippen LogP contribution in [0.1, 0.15) is 27.7 Å². The number of para-hydroxylation sites is 1. The second-order valence-corrected chi connectivity index (χ2v) is 8.38. The minimum atomic E-state index is -0.535. The van der Waals surface area contributed by atoms with Gasteiger partial charge in [-0.05, 0) is 42.0 Å². The van der Waals surface area contributed by atoms with Crippen molar-refractivity contribution in [3.63, 3.8) is 0 Å². The summed E-state index contributed by atoms with van der Waals surface area (Å²) in [4.78, 5) is 32.5. The van der Waals surface area contributed by atoms with Gasteiger partial charge in [-0.2, -0.15) is 0 Å². The van der Waals surface area contributed by atoms with Crippen LogP contribution in [0.5, 0.6) is 17.4 Å². The zero-order valence-corrected chi connectivity index (χ0v) is 17.9. The van der Waals surface area contributed by atoms with Crippen molar-refractivity contribution in [1.82, 2.24) is 20.6 Å². The number of benzene rings is 2. The van der Waals surface area contributed by atoms with E-state index in [9.17, 15) is 14.7 Å². The summed E-state index contributed by atoms with van der Waals surface area (Å²) in [5.41, 5.74) is 0.750. The van der Waals surface area contributed by atoms with Gasteiger partial charge in [0.25, 0.3) is 5.91 Å². The number of rotatable bonds is 6. The zero-order valence-electron chi connectivity index (χ0n) is 17.1. The van der Waals surface area contributed by atoms with Gasteiger partial charge in [0.2, 0.25) is 11.8 Å². The van der Waals surface area contributed by atoms with Crippen molar-refractivity contribution in [2.75, 3.05) is 12.3 Å². The fourth-order valence-corrected chi connectivity index (χ4v) is 4.50. The fourth-order valence-electron chi connectivity index (χ4n) is 3.28. The lowest BCUT2D eigenvalue weighted by molar-refractivity contribution is -0.121. The SMILES string of the molecule is O=C(NC[C@@H]1CCS[C@H](c2ccc(Oc3ccccc3)cc2)C(=O)N1)c1nccnc1O. The van der Waals surface area contributed by atoms with E-state index in [1.54, 1.807) is 11.8 Å². The van der Waals surface area contributed by atoms with Crippen molar-refractivity contribution in [2.24, 2.45) is 0 Å². The van der Waals surface area contributed by atoms with Crippen LogP contribution in [0.2, 0.25) is 0 Å². The van der Waals surface area contributed by atoms with Gasteiger partial charge in [0, 0.05) is 25.0 Å². The van der Waals surface area contributed by atoms with Crippen molar-refractivity contribution in [1.29, 1.82) is 0 Å². The lowest BCUT2D eigenvalue weighted by Gasteiger charge is -2.18. The maximum absolute atomic E-state index is 12.8. The molecule has 1 fully saturated rings. The van der Waals surface area contributed by atoms with Crippen LogP contribution in [0.3, 0.4) is 0 Å². The van der Waals surface area contributed by atoms with Gasteiger partial charge in [-0.3, -0.25) is 9.59 Å². The quantitative estimate of drug-likeness (QED) is 0.529. The van der Waals surface area contributed by atoms with Crippen LogP contribution < -0.4 is 15.4 Å². The number of aromatic hydroxyl groups is 1. The van der Waals surface area contributed by atoms with Crippen LogP contribution in [-0.4, -0.2) is 45.2 Å². The van der Waals surface area contributed by atoms with Crippen LogP contribution in [0, 0.1) is 0 Å². The van der Waals surface area contributed by atoms with E-state index in [-0.39, 0.29) is 29.4 Å². The van der Waals surface area contributed by atoms with Crippen molar-refractivity contribution >= 4 is 23.6 Å². The zero-order chi connectivity index (χ0) is 22.3. The summed E-state index contributed by atoms with van der Waals surface area (Å²) in [6, 6.07) is 16.8. The lowest BCUT2D eigenvalue weighted by atomic mass is 10.1. The summed E-state index contributed by atoms with van der Waals surface area (Å²) in [7, 11) is 0. The second kappa shape index (κ2) is 10.1. The third-order valence-corrected chi connectivity index (χ3v) is 6.19. The summed E-state index contributed by atoms with van der Waals surface area (Å²) >= 11 is 1.56. The number of ether oxygens (including phenoxy) is 1. The van der Waals surface area contributed by atoms with Crippen molar-refractivity contribution in [3.8, 4) is 17.4 Å². The molecule has 2 aromatic carbocycles. The lowest BCUT2D eigenvalue weighted by Crippen LogP contribution is -2.44. The molecule has 164 valence electrons. The molecule has 0 bridgehead atoms. The van der Waals surface area contributed by atoms with E-state index >= 15 is 0 Å². The van der Waals surface area contributed by atoms with E-state index in [4.69, 9.17) is 4.74 Å². The molecule has 0 spiro atoms. The Labute approximate surface area is 189 Å². The molecule has 3 aromatic rings. The number of hydrogen-bond acceptors (Lipinski definition) is 7. The Morgan fingerprint density at radius 2 is 1.81 bits per heavy atom. The molecule has 8 nitrogen and oxygen atoms in total. The highest BCUT2D eigenvalue weighted by atomic mass is 32.2. The average Bonchev–Trinajstić information content (AvgIpc) is 3.00. The number of hydrogen-bond donors (Lipinski definition) is 3. The van der Waals surface area contributed by atoms with Crippen LogP contribution in [0.15, 0.2) is 67.0 Å². The first-order valence-corrected chi connectivity index (χ1v) is 11.2. The van der Waals surface area contributed by atoms with Gasteiger partial charge in [0.15, 0.2) is 5.69 Å². The Kier molecular flexibility index (Phi) is 6.86. The smallest absolute Gasteiger partial charge is 0.275 e. The van der Waals surface area contributed by atoms with Crippen LogP contribution in [0.4, 0.5) is 0 Å². The van der Waals surface area contributed by atoms with Gasteiger partial charge >= 0.3 is 0 Å². The number of thioether (sulfide) groups is 1. The minimum Gasteiger partial charge on any atom is -0.492 e. The highest BCUT2D eigenvalue weighted by Crippen LogP contribution is 2.33. The summed E-state index contributed by atoms with van der Waals surface area (Å²) in [5.74, 6) is 1.14. The Hall–Kier alpha value is -3.59. The van der Waals surface area contributed by atoms with E-state index < -0.39 is 11.8 Å². The number of carbonyl (C=O) groups excluding carboxylic acids is 2. The molecular weight excluding hydrogens is 428 g/mol. The average molecular weight is 451 g/mol. The molecule has 2 heterocycles. The van der Waals surface area contributed by atoms with Crippen molar-refractivity contribution in [2.45, 2.75) is 17.7 Å². The first-order valence-electron chi connectivity index (χ1n) is 10.1. The van der Waals surface area contributed by atoms with Gasteiger partial charge in [-0.25, -0.2) is 9.97 Å². The highest BCUT2D eigenvalue weighted by Gasteiger charge is 2.28. The van der Waals surface area contributed by atoms with Crippen molar-refractivity contribution < 1.29 is 19.4 Å². The van der Waals surface area contributed by atoms with Crippen LogP contribution >= 0.6 is 11.8 Å². The van der Waals surface area contributed by atoms with Crippen molar-refractivity contribution in [3.05, 3.63) is 78.2 Å². The normalized spacial score (nSPS) is 18.3. The minimum absolute atomic E-state index is 0.106. The van der Waals surface area contributed by atoms with Gasteiger partial charge in [-0.1, -0.05) is 30.3 Å². The number of aromatic nitrogens is 2. The number of carbonyl (C=O) groups is 2. The Morgan fingerprint density at radius 1 is 1.09 bits per heavy atom. The molecule has 1 aliphatic rings. The molecule has 0 aliphatic carbocycles. The van der Waals surface area contributed by atoms with Gasteiger partial charge in [-0.15, -0.1) is 11.8 Å². The van der Waals surface area contributed by atoms with E-state index in [0.29, 0.717) is 12.2 Å². The third kappa shape index (κ3) is 5.36. The molecule has 1 aromatic heterocycles. The Balaban J connectivity index is 1.34. The molecule has 4 rings (SSSR count). The number of nitrogens with zero attached hydrogens (tertiary/aromatic N) is 2. The fraction of sp³-hybridized carbons (Fsp3) is 0.217. The highest BCUT2D eigenvalue weighted by molar-refractivity contribution is 8.00. The predicted molar refractivity (Wildman–Crippen MR) is 121 cm³/mol. The summed E-state index contributed by atoms with van der Waals surface area (Å²) < 4.78 is 5.81. The van der Waals surface area contributed by atoms with E-state index in [2.05, 4.69) is 20.6 Å². The second-order valence-electron chi connectivity index (χ2n) is 7.17. The molecule has 9 heteroatoms. The predicted octanol–water partition coefficient (Wildman–Crippen LogP) is 3.07. The number of nitrogens with one attached hydrogen (secondary N) is 2. The standard InChI is InChI=1S/C23H22N4O4S/c28-21-19(24-11-12-25-21)22(29)26-14-16-10-13-32-20(23(30)27-16)15-6-8-18(9-7-15)31-17-4-2-1-3-5-17/h1-9,11-12,16,20H,10,13-14H2,(H,25,28)(H,26,29)(H,27,30)/t16-,20+/m0/s1. The maximum Gasteiger partial charge on any atom is 0.275 e. The van der Waals surface area contributed by atoms with E-state index in [0.717, 1.165) is 17.1 Å². The Morgan fingerprint density at radius 3 is 2.56 bits per heavy atom. The van der Waals surface area contributed by atoms with Gasteiger partial charge in [0.1, 0.15) is 16.7 Å². The molecule has 32 heavy (non-hydrogen) atoms. The molecule has 0 unspecified atom stereocenters. The molecular formula is C23H22N4O4S. The van der Waals surface area contributed by atoms with Crippen LogP contribution in [0.25, 0.3) is 0 Å². The summed E-state index contributed by atoms with van der Waals surface area (Å²) in [6.45, 7) is 0.234. The third-order valence-electron chi connectivity index (χ3n) is 4.90. The topological polar surface area (TPSA) is 113 Å². The molecule has 3 N–H and O–H groups in total. The molecule has 1 saturated heterocycles. The molecule has 0 radical (unpaired) electrons. The number of amides is 2. The maximum atomic E-state index is 12.8. The largest absolute Gasteiger partial charge is 0.492 e. The van der Waals surface area contributed by atoms with E-state index in [1.807, 2.05) is 54.6 Å². The van der Waals surface area contributed by atoms with Gasteiger partial charge in [0.05, 0.1) is 0 Å². The Bertz CT molecular complexity index is 1080. The molecule has 2 amide bonds. The first-order chi connectivity index (χ1) is 15.6. The van der Waals surface area contributed by atoms with Gasteiger partial charge < -0.3 is 20.5 Å². The molecule has 2 atom stereocenters. The molecule has 0 saturated carbocycles. The van der Waals surface area contributed by atoms with Crippen LogP contribution in [-0.2, 0) is 4.79 Å². The van der Waals surface area contributed by atoms with E-state index in [1.165, 1.54) is 12.4 Å². The summed E-state index contributed by atoms with van der Waals surface area (Å²) in [6.07, 6.45) is 3.34. The monoisotopic (exact) mass is 450 g/mol. The summed E-state index contributed by atoms with van der Waals surface area (Å²) in [5, 5.41) is 15.0. The molecule has 1 aliphatic heterocycles. The first kappa shape index (κ1) is 21.6.